The molecule has 0 bridgehead atoms. The summed E-state index contributed by atoms with van der Waals surface area (Å²) >= 11 is 0. The molecule has 1 aliphatic carbocycles. The van der Waals surface area contributed by atoms with E-state index in [0.717, 1.165) is 18.4 Å². The topological polar surface area (TPSA) is 162 Å². The Hall–Kier alpha value is -3.76. The molecular formula is C27H40N6O5. The maximum atomic E-state index is 13.1. The number of ketones is 1. The van der Waals surface area contributed by atoms with Crippen molar-refractivity contribution in [1.82, 2.24) is 31.5 Å². The summed E-state index contributed by atoms with van der Waals surface area (Å²) in [7, 11) is 0. The predicted molar refractivity (Wildman–Crippen MR) is 143 cm³/mol. The second-order valence-electron chi connectivity index (χ2n) is 11.0. The van der Waals surface area contributed by atoms with E-state index in [1.165, 1.54) is 6.92 Å². The molecule has 208 valence electrons. The van der Waals surface area contributed by atoms with E-state index in [2.05, 4.69) is 31.5 Å². The van der Waals surface area contributed by atoms with E-state index in [4.69, 9.17) is 0 Å². The summed E-state index contributed by atoms with van der Waals surface area (Å²) in [5, 5.41) is 17.1. The zero-order valence-electron chi connectivity index (χ0n) is 23.2. The fourth-order valence-corrected chi connectivity index (χ4v) is 3.81. The third kappa shape index (κ3) is 8.67. The molecule has 0 fully saturated rings. The van der Waals surface area contributed by atoms with Gasteiger partial charge in [0.25, 0.3) is 11.8 Å². The van der Waals surface area contributed by atoms with E-state index in [1.807, 2.05) is 18.2 Å². The molecule has 11 nitrogen and oxygen atoms in total. The Balaban J connectivity index is 2.01. The zero-order chi connectivity index (χ0) is 28.6. The minimum atomic E-state index is -1.07. The maximum Gasteiger partial charge on any atom is 0.289 e. The maximum absolute atomic E-state index is 13.1. The summed E-state index contributed by atoms with van der Waals surface area (Å²) in [5.41, 5.74) is 1.17. The van der Waals surface area contributed by atoms with Crippen LogP contribution in [0, 0.1) is 18.3 Å². The molecule has 0 radical (unpaired) electrons. The summed E-state index contributed by atoms with van der Waals surface area (Å²) in [6, 6.07) is -1.51. The molecular weight excluding hydrogens is 488 g/mol. The number of aromatic nitrogens is 2. The van der Waals surface area contributed by atoms with Crippen LogP contribution in [0.5, 0.6) is 0 Å². The van der Waals surface area contributed by atoms with Crippen molar-refractivity contribution >= 4 is 29.4 Å². The van der Waals surface area contributed by atoms with Crippen LogP contribution in [0.1, 0.15) is 70.6 Å². The second-order valence-corrected chi connectivity index (χ2v) is 11.0. The molecule has 11 heteroatoms. The zero-order valence-corrected chi connectivity index (χ0v) is 23.2. The first kappa shape index (κ1) is 30.5. The summed E-state index contributed by atoms with van der Waals surface area (Å²) in [6.45, 7) is 12.3. The standard InChI is InChI=1S/C27H40N6O5/c1-15(2)20(21(34)25(37)28-14-18-11-9-8-10-12-18)30-23(35)17(4)29-26(38)22(27(5,6)7)31-24(36)19-13-16(3)32-33-19/h8-9,11,13,15,17,20,22H,10,12,14H2,1-7H3,(H,28,37)(H,29,38)(H,30,35)(H,31,36)(H,32,33). The highest BCUT2D eigenvalue weighted by atomic mass is 16.2. The van der Waals surface area contributed by atoms with Crippen molar-refractivity contribution in [1.29, 1.82) is 0 Å². The smallest absolute Gasteiger partial charge is 0.289 e. The fraction of sp³-hybridized carbons (Fsp3) is 0.556. The van der Waals surface area contributed by atoms with Crippen LogP contribution in [-0.4, -0.2) is 64.3 Å². The number of amides is 4. The number of allylic oxidation sites excluding steroid dienone is 3. The van der Waals surface area contributed by atoms with E-state index in [9.17, 15) is 24.0 Å². The number of nitrogens with zero attached hydrogens (tertiary/aromatic N) is 1. The van der Waals surface area contributed by atoms with Gasteiger partial charge in [-0.2, -0.15) is 5.10 Å². The van der Waals surface area contributed by atoms with Crippen molar-refractivity contribution in [3.05, 3.63) is 41.3 Å². The van der Waals surface area contributed by atoms with Crippen LogP contribution >= 0.6 is 0 Å². The van der Waals surface area contributed by atoms with Crippen LogP contribution in [-0.2, 0) is 19.2 Å². The molecule has 0 aliphatic heterocycles. The Labute approximate surface area is 223 Å². The van der Waals surface area contributed by atoms with E-state index < -0.39 is 53.0 Å². The number of aryl methyl sites for hydroxylation is 1. The lowest BCUT2D eigenvalue weighted by atomic mass is 9.85. The number of hydrogen-bond acceptors (Lipinski definition) is 6. The first-order valence-corrected chi connectivity index (χ1v) is 12.8. The van der Waals surface area contributed by atoms with Gasteiger partial charge in [-0.1, -0.05) is 58.4 Å². The van der Waals surface area contributed by atoms with Gasteiger partial charge < -0.3 is 21.3 Å². The van der Waals surface area contributed by atoms with Crippen LogP contribution in [0.3, 0.4) is 0 Å². The number of H-pyrrole nitrogens is 1. The van der Waals surface area contributed by atoms with Gasteiger partial charge in [0.05, 0.1) is 6.04 Å². The van der Waals surface area contributed by atoms with Gasteiger partial charge >= 0.3 is 0 Å². The quantitative estimate of drug-likeness (QED) is 0.273. The SMILES string of the molecule is Cc1cc(C(=O)NC(C(=O)NC(C)C(=O)NC(C(=O)C(=O)NCC2=CC=CCC2)C(C)C)C(C)(C)C)n[nH]1. The van der Waals surface area contributed by atoms with Crippen molar-refractivity contribution < 1.29 is 24.0 Å². The van der Waals surface area contributed by atoms with Gasteiger partial charge in [-0.3, -0.25) is 29.1 Å². The van der Waals surface area contributed by atoms with Crippen molar-refractivity contribution in [3.8, 4) is 0 Å². The highest BCUT2D eigenvalue weighted by Gasteiger charge is 2.36. The Bertz CT molecular complexity index is 1110. The predicted octanol–water partition coefficient (Wildman–Crippen LogP) is 1.47. The highest BCUT2D eigenvalue weighted by molar-refractivity contribution is 6.38. The molecule has 4 amide bonds. The largest absolute Gasteiger partial charge is 0.346 e. The monoisotopic (exact) mass is 528 g/mol. The lowest BCUT2D eigenvalue weighted by molar-refractivity contribution is -0.141. The Morgan fingerprint density at radius 2 is 1.71 bits per heavy atom. The van der Waals surface area contributed by atoms with Gasteiger partial charge in [0, 0.05) is 12.2 Å². The number of aromatic amines is 1. The average molecular weight is 529 g/mol. The van der Waals surface area contributed by atoms with Gasteiger partial charge in [0.15, 0.2) is 0 Å². The van der Waals surface area contributed by atoms with Crippen molar-refractivity contribution in [3.63, 3.8) is 0 Å². The number of carbonyl (C=O) groups is 5. The minimum Gasteiger partial charge on any atom is -0.346 e. The third-order valence-electron chi connectivity index (χ3n) is 6.14. The summed E-state index contributed by atoms with van der Waals surface area (Å²) in [4.78, 5) is 64.0. The number of hydrogen-bond donors (Lipinski definition) is 5. The van der Waals surface area contributed by atoms with Crippen molar-refractivity contribution in [2.45, 2.75) is 79.4 Å². The molecule has 5 N–H and O–H groups in total. The van der Waals surface area contributed by atoms with Gasteiger partial charge in [0.1, 0.15) is 17.8 Å². The van der Waals surface area contributed by atoms with Crippen molar-refractivity contribution in [2.75, 3.05) is 6.54 Å². The van der Waals surface area contributed by atoms with Gasteiger partial charge in [-0.05, 0) is 44.1 Å². The number of rotatable bonds is 11. The average Bonchev–Trinajstić information content (AvgIpc) is 3.29. The molecule has 1 aliphatic rings. The Kier molecular flexibility index (Phi) is 10.5. The van der Waals surface area contributed by atoms with E-state index >= 15 is 0 Å². The lowest BCUT2D eigenvalue weighted by Crippen LogP contribution is -2.59. The summed E-state index contributed by atoms with van der Waals surface area (Å²) < 4.78 is 0. The molecule has 38 heavy (non-hydrogen) atoms. The van der Waals surface area contributed by atoms with Crippen molar-refractivity contribution in [2.24, 2.45) is 11.3 Å². The Morgan fingerprint density at radius 1 is 1.03 bits per heavy atom. The number of Topliss-reactive ketones (excluding diaryl/α,β-unsaturated/α-hetero) is 1. The first-order chi connectivity index (χ1) is 17.7. The molecule has 1 aromatic rings. The molecule has 0 aromatic carbocycles. The number of carbonyl (C=O) groups excluding carboxylic acids is 5. The van der Waals surface area contributed by atoms with E-state index in [1.54, 1.807) is 47.6 Å². The lowest BCUT2D eigenvalue weighted by Gasteiger charge is -2.31. The van der Waals surface area contributed by atoms with Crippen LogP contribution in [0.25, 0.3) is 0 Å². The Morgan fingerprint density at radius 3 is 2.24 bits per heavy atom. The normalized spacial score (nSPS) is 15.6. The van der Waals surface area contributed by atoms with Gasteiger partial charge in [0.2, 0.25) is 17.6 Å². The third-order valence-corrected chi connectivity index (χ3v) is 6.14. The summed E-state index contributed by atoms with van der Waals surface area (Å²) in [5.74, 6) is -3.62. The van der Waals surface area contributed by atoms with Crippen LogP contribution in [0.2, 0.25) is 0 Å². The molecule has 0 saturated heterocycles. The fourth-order valence-electron chi connectivity index (χ4n) is 3.81. The second kappa shape index (κ2) is 13.2. The van der Waals surface area contributed by atoms with Crippen LogP contribution < -0.4 is 21.3 Å². The molecule has 2 rings (SSSR count). The van der Waals surface area contributed by atoms with E-state index in [-0.39, 0.29) is 18.2 Å². The molecule has 3 atom stereocenters. The molecule has 0 spiro atoms. The van der Waals surface area contributed by atoms with Crippen LogP contribution in [0.15, 0.2) is 29.9 Å². The van der Waals surface area contributed by atoms with Gasteiger partial charge in [-0.15, -0.1) is 0 Å². The van der Waals surface area contributed by atoms with E-state index in [0.29, 0.717) is 5.69 Å². The molecule has 0 saturated carbocycles. The molecule has 1 aromatic heterocycles. The molecule has 3 unspecified atom stereocenters. The molecule has 1 heterocycles. The minimum absolute atomic E-state index is 0.142. The highest BCUT2D eigenvalue weighted by Crippen LogP contribution is 2.20. The first-order valence-electron chi connectivity index (χ1n) is 12.8. The van der Waals surface area contributed by atoms with Gasteiger partial charge in [-0.25, -0.2) is 0 Å². The van der Waals surface area contributed by atoms with Crippen LogP contribution in [0.4, 0.5) is 0 Å². The number of nitrogens with one attached hydrogen (secondary N) is 5. The summed E-state index contributed by atoms with van der Waals surface area (Å²) in [6.07, 6.45) is 7.53.